The lowest BCUT2D eigenvalue weighted by Crippen LogP contribution is -2.47. The minimum Gasteiger partial charge on any atom is -0.388 e. The Morgan fingerprint density at radius 2 is 1.60 bits per heavy atom. The molecular formula is C14H13NO5. The van der Waals surface area contributed by atoms with Crippen molar-refractivity contribution in [1.29, 1.82) is 0 Å². The SMILES string of the molecule is O=C1c2ccccc2C(=O)N1[C@H]1CO[C@H]2[C@@H]1OC[C@H]2O. The summed E-state index contributed by atoms with van der Waals surface area (Å²) < 4.78 is 11.0. The highest BCUT2D eigenvalue weighted by atomic mass is 16.6. The third-order valence-corrected chi connectivity index (χ3v) is 4.16. The van der Waals surface area contributed by atoms with E-state index >= 15 is 0 Å². The molecule has 0 spiro atoms. The highest BCUT2D eigenvalue weighted by Gasteiger charge is 2.53. The first-order valence-electron chi connectivity index (χ1n) is 6.56. The van der Waals surface area contributed by atoms with Gasteiger partial charge < -0.3 is 14.6 Å². The van der Waals surface area contributed by atoms with Crippen LogP contribution in [0, 0.1) is 0 Å². The van der Waals surface area contributed by atoms with Crippen molar-refractivity contribution in [3.8, 4) is 0 Å². The lowest BCUT2D eigenvalue weighted by molar-refractivity contribution is 0.0134. The molecule has 2 amide bonds. The lowest BCUT2D eigenvalue weighted by Gasteiger charge is -2.24. The van der Waals surface area contributed by atoms with Crippen molar-refractivity contribution in [3.05, 3.63) is 35.4 Å². The number of aliphatic hydroxyl groups excluding tert-OH is 1. The third kappa shape index (κ3) is 1.44. The molecule has 1 N–H and O–H groups in total. The largest absolute Gasteiger partial charge is 0.388 e. The smallest absolute Gasteiger partial charge is 0.261 e. The predicted molar refractivity (Wildman–Crippen MR) is 66.2 cm³/mol. The van der Waals surface area contributed by atoms with Crippen LogP contribution in [0.4, 0.5) is 0 Å². The fraction of sp³-hybridized carbons (Fsp3) is 0.429. The van der Waals surface area contributed by atoms with Crippen molar-refractivity contribution in [2.45, 2.75) is 24.4 Å². The van der Waals surface area contributed by atoms with Crippen LogP contribution in [0.3, 0.4) is 0 Å². The minimum atomic E-state index is -0.694. The molecule has 0 aromatic heterocycles. The van der Waals surface area contributed by atoms with E-state index in [1.807, 2.05) is 0 Å². The zero-order valence-corrected chi connectivity index (χ0v) is 10.6. The van der Waals surface area contributed by atoms with E-state index in [4.69, 9.17) is 9.47 Å². The van der Waals surface area contributed by atoms with Gasteiger partial charge >= 0.3 is 0 Å². The fourth-order valence-electron chi connectivity index (χ4n) is 3.19. The van der Waals surface area contributed by atoms with Gasteiger partial charge in [0, 0.05) is 0 Å². The van der Waals surface area contributed by atoms with Crippen molar-refractivity contribution in [1.82, 2.24) is 4.90 Å². The molecule has 20 heavy (non-hydrogen) atoms. The molecule has 6 heteroatoms. The first-order valence-corrected chi connectivity index (χ1v) is 6.56. The van der Waals surface area contributed by atoms with E-state index in [1.165, 1.54) is 4.90 Å². The molecule has 104 valence electrons. The van der Waals surface area contributed by atoms with Crippen LogP contribution >= 0.6 is 0 Å². The Morgan fingerprint density at radius 3 is 2.25 bits per heavy atom. The van der Waals surface area contributed by atoms with Crippen molar-refractivity contribution >= 4 is 11.8 Å². The van der Waals surface area contributed by atoms with E-state index in [0.717, 1.165) is 0 Å². The first-order chi connectivity index (χ1) is 9.68. The number of hydrogen-bond acceptors (Lipinski definition) is 5. The van der Waals surface area contributed by atoms with Gasteiger partial charge in [-0.25, -0.2) is 0 Å². The number of fused-ring (bicyclic) bond motifs is 2. The minimum absolute atomic E-state index is 0.176. The highest BCUT2D eigenvalue weighted by Crippen LogP contribution is 2.34. The van der Waals surface area contributed by atoms with Crippen molar-refractivity contribution < 1.29 is 24.2 Å². The Hall–Kier alpha value is -1.76. The summed E-state index contributed by atoms with van der Waals surface area (Å²) in [6, 6.07) is 6.29. The van der Waals surface area contributed by atoms with Crippen LogP contribution in [0.1, 0.15) is 20.7 Å². The normalized spacial score (nSPS) is 35.5. The topological polar surface area (TPSA) is 76.1 Å². The molecule has 0 unspecified atom stereocenters. The summed E-state index contributed by atoms with van der Waals surface area (Å²) in [5, 5.41) is 9.73. The van der Waals surface area contributed by atoms with Gasteiger partial charge in [0.15, 0.2) is 0 Å². The number of imide groups is 1. The summed E-state index contributed by atoms with van der Waals surface area (Å²) in [6.45, 7) is 0.382. The van der Waals surface area contributed by atoms with E-state index in [1.54, 1.807) is 24.3 Å². The summed E-state index contributed by atoms with van der Waals surface area (Å²) >= 11 is 0. The van der Waals surface area contributed by atoms with Gasteiger partial charge in [-0.1, -0.05) is 12.1 Å². The van der Waals surface area contributed by atoms with Gasteiger partial charge in [0.05, 0.1) is 30.4 Å². The van der Waals surface area contributed by atoms with Gasteiger partial charge in [-0.05, 0) is 12.1 Å². The van der Waals surface area contributed by atoms with Crippen LogP contribution in [0.25, 0.3) is 0 Å². The van der Waals surface area contributed by atoms with E-state index in [2.05, 4.69) is 0 Å². The zero-order valence-electron chi connectivity index (χ0n) is 10.6. The number of amides is 2. The second-order valence-electron chi connectivity index (χ2n) is 5.26. The van der Waals surface area contributed by atoms with Crippen molar-refractivity contribution in [2.24, 2.45) is 0 Å². The van der Waals surface area contributed by atoms with Gasteiger partial charge in [0.2, 0.25) is 0 Å². The first kappa shape index (κ1) is 12.0. The Bertz CT molecular complexity index is 566. The number of carbonyl (C=O) groups excluding carboxylic acids is 2. The van der Waals surface area contributed by atoms with Crippen LogP contribution in [0.2, 0.25) is 0 Å². The molecule has 3 heterocycles. The molecule has 0 bridgehead atoms. The maximum absolute atomic E-state index is 12.4. The zero-order chi connectivity index (χ0) is 13.9. The molecule has 0 aliphatic carbocycles. The average molecular weight is 275 g/mol. The van der Waals surface area contributed by atoms with Crippen molar-refractivity contribution in [3.63, 3.8) is 0 Å². The Morgan fingerprint density at radius 1 is 1.00 bits per heavy atom. The number of ether oxygens (including phenoxy) is 2. The maximum atomic E-state index is 12.4. The molecule has 1 aromatic rings. The number of aliphatic hydroxyl groups is 1. The fourth-order valence-corrected chi connectivity index (χ4v) is 3.19. The molecule has 2 fully saturated rings. The molecule has 4 atom stereocenters. The summed E-state index contributed by atoms with van der Waals surface area (Å²) in [6.07, 6.45) is -1.59. The summed E-state index contributed by atoms with van der Waals surface area (Å²) in [5.41, 5.74) is 0.832. The summed E-state index contributed by atoms with van der Waals surface area (Å²) in [4.78, 5) is 26.0. The van der Waals surface area contributed by atoms with E-state index in [-0.39, 0.29) is 25.0 Å². The molecule has 3 aliphatic rings. The maximum Gasteiger partial charge on any atom is 0.261 e. The van der Waals surface area contributed by atoms with Crippen LogP contribution in [-0.2, 0) is 9.47 Å². The summed E-state index contributed by atoms with van der Waals surface area (Å²) in [5.74, 6) is -0.630. The Balaban J connectivity index is 1.68. The molecule has 0 radical (unpaired) electrons. The Labute approximate surface area is 114 Å². The summed E-state index contributed by atoms with van der Waals surface area (Å²) in [7, 11) is 0. The third-order valence-electron chi connectivity index (χ3n) is 4.16. The quantitative estimate of drug-likeness (QED) is 0.719. The van der Waals surface area contributed by atoms with Gasteiger partial charge in [-0.3, -0.25) is 14.5 Å². The molecule has 2 saturated heterocycles. The number of nitrogens with zero attached hydrogens (tertiary/aromatic N) is 1. The number of benzene rings is 1. The highest BCUT2D eigenvalue weighted by molar-refractivity contribution is 6.21. The van der Waals surface area contributed by atoms with Gasteiger partial charge in [0.1, 0.15) is 18.3 Å². The molecule has 6 nitrogen and oxygen atoms in total. The standard InChI is InChI=1S/C14H13NO5/c16-10-6-20-11-9(5-19-12(10)11)15-13(17)7-3-1-2-4-8(7)14(15)18/h1-4,9-12,16H,5-6H2/t9-,10+,11+,12+/m0/s1. The predicted octanol–water partition coefficient (Wildman–Crippen LogP) is -0.190. The Kier molecular flexibility index (Phi) is 2.47. The van der Waals surface area contributed by atoms with Crippen LogP contribution in [0.15, 0.2) is 24.3 Å². The number of carbonyl (C=O) groups is 2. The average Bonchev–Trinajstić information content (AvgIpc) is 3.09. The van der Waals surface area contributed by atoms with Crippen LogP contribution in [-0.4, -0.2) is 59.4 Å². The lowest BCUT2D eigenvalue weighted by atomic mass is 10.1. The number of hydrogen-bond donors (Lipinski definition) is 1. The second kappa shape index (κ2) is 4.12. The molecule has 4 rings (SSSR count). The van der Waals surface area contributed by atoms with Gasteiger partial charge in [-0.2, -0.15) is 0 Å². The number of rotatable bonds is 1. The van der Waals surface area contributed by atoms with Crippen LogP contribution in [0.5, 0.6) is 0 Å². The van der Waals surface area contributed by atoms with Gasteiger partial charge in [-0.15, -0.1) is 0 Å². The molecular weight excluding hydrogens is 262 g/mol. The van der Waals surface area contributed by atoms with Gasteiger partial charge in [0.25, 0.3) is 11.8 Å². The van der Waals surface area contributed by atoms with E-state index in [0.29, 0.717) is 11.1 Å². The monoisotopic (exact) mass is 275 g/mol. The van der Waals surface area contributed by atoms with E-state index < -0.39 is 24.4 Å². The molecule has 0 saturated carbocycles. The second-order valence-corrected chi connectivity index (χ2v) is 5.26. The van der Waals surface area contributed by atoms with Crippen LogP contribution < -0.4 is 0 Å². The van der Waals surface area contributed by atoms with Crippen molar-refractivity contribution in [2.75, 3.05) is 13.2 Å². The molecule has 3 aliphatic heterocycles. The molecule has 1 aromatic carbocycles. The van der Waals surface area contributed by atoms with E-state index in [9.17, 15) is 14.7 Å².